The Morgan fingerprint density at radius 2 is 2.35 bits per heavy atom. The smallest absolute Gasteiger partial charge is 0.0300 e. The van der Waals surface area contributed by atoms with Gasteiger partial charge in [0.15, 0.2) is 0 Å². The number of thiophene rings is 1. The highest BCUT2D eigenvalue weighted by Gasteiger charge is 2.25. The standard InChI is InChI=1S/C14H24N2S/c1-14(2)6-4-8-16(12-14)9-7-15-11-13-5-3-10-17-13/h3,5,10,15H,4,6-9,11-12H2,1-2H3. The van der Waals surface area contributed by atoms with Gasteiger partial charge in [0.2, 0.25) is 0 Å². The van der Waals surface area contributed by atoms with E-state index in [0.717, 1.165) is 13.1 Å². The van der Waals surface area contributed by atoms with Crippen LogP contribution in [0.15, 0.2) is 17.5 Å². The first kappa shape index (κ1) is 13.1. The molecule has 1 N–H and O–H groups in total. The van der Waals surface area contributed by atoms with Crippen molar-refractivity contribution in [3.05, 3.63) is 22.4 Å². The Balaban J connectivity index is 1.62. The summed E-state index contributed by atoms with van der Waals surface area (Å²) in [4.78, 5) is 4.04. The van der Waals surface area contributed by atoms with Gasteiger partial charge in [-0.25, -0.2) is 0 Å². The molecule has 0 amide bonds. The molecular weight excluding hydrogens is 228 g/mol. The molecule has 1 saturated heterocycles. The molecule has 1 fully saturated rings. The number of rotatable bonds is 5. The third-order valence-corrected chi connectivity index (χ3v) is 4.34. The molecule has 2 nitrogen and oxygen atoms in total. The molecule has 17 heavy (non-hydrogen) atoms. The Morgan fingerprint density at radius 1 is 1.47 bits per heavy atom. The maximum Gasteiger partial charge on any atom is 0.0300 e. The SMILES string of the molecule is CC1(C)CCCN(CCNCc2cccs2)C1. The zero-order chi connectivity index (χ0) is 12.1. The predicted octanol–water partition coefficient (Wildman–Crippen LogP) is 2.96. The van der Waals surface area contributed by atoms with Gasteiger partial charge in [0.05, 0.1) is 0 Å². The molecule has 1 aliphatic heterocycles. The summed E-state index contributed by atoms with van der Waals surface area (Å²) in [5, 5.41) is 5.67. The van der Waals surface area contributed by atoms with Crippen molar-refractivity contribution in [3.63, 3.8) is 0 Å². The van der Waals surface area contributed by atoms with Crippen LogP contribution in [0.1, 0.15) is 31.6 Å². The van der Waals surface area contributed by atoms with Crippen LogP contribution in [0, 0.1) is 5.41 Å². The highest BCUT2D eigenvalue weighted by Crippen LogP contribution is 2.27. The van der Waals surface area contributed by atoms with Gasteiger partial charge in [-0.15, -0.1) is 11.3 Å². The van der Waals surface area contributed by atoms with E-state index in [1.165, 1.54) is 37.4 Å². The summed E-state index contributed by atoms with van der Waals surface area (Å²) in [6.07, 6.45) is 2.74. The van der Waals surface area contributed by atoms with Crippen molar-refractivity contribution in [2.45, 2.75) is 33.2 Å². The fourth-order valence-corrected chi connectivity index (χ4v) is 3.27. The second-order valence-corrected chi connectivity index (χ2v) is 6.83. The molecule has 1 aliphatic rings. The maximum absolute atomic E-state index is 3.53. The first-order valence-electron chi connectivity index (χ1n) is 6.61. The molecule has 0 saturated carbocycles. The largest absolute Gasteiger partial charge is 0.311 e. The zero-order valence-electron chi connectivity index (χ0n) is 11.0. The Labute approximate surface area is 109 Å². The van der Waals surface area contributed by atoms with Crippen molar-refractivity contribution in [1.82, 2.24) is 10.2 Å². The first-order valence-corrected chi connectivity index (χ1v) is 7.49. The molecule has 2 rings (SSSR count). The van der Waals surface area contributed by atoms with Crippen LogP contribution in [0.5, 0.6) is 0 Å². The van der Waals surface area contributed by atoms with Gasteiger partial charge in [-0.1, -0.05) is 19.9 Å². The normalized spacial score (nSPS) is 20.6. The Morgan fingerprint density at radius 3 is 3.06 bits per heavy atom. The first-order chi connectivity index (χ1) is 8.16. The average Bonchev–Trinajstić information content (AvgIpc) is 2.76. The van der Waals surface area contributed by atoms with E-state index in [1.807, 2.05) is 11.3 Å². The maximum atomic E-state index is 3.53. The van der Waals surface area contributed by atoms with Crippen molar-refractivity contribution in [2.24, 2.45) is 5.41 Å². The minimum absolute atomic E-state index is 0.520. The molecule has 0 atom stereocenters. The summed E-state index contributed by atoms with van der Waals surface area (Å²) >= 11 is 1.83. The zero-order valence-corrected chi connectivity index (χ0v) is 11.9. The Bertz CT molecular complexity index is 319. The third-order valence-electron chi connectivity index (χ3n) is 3.46. The van der Waals surface area contributed by atoms with Crippen molar-refractivity contribution < 1.29 is 0 Å². The molecule has 0 aliphatic carbocycles. The lowest BCUT2D eigenvalue weighted by Gasteiger charge is -2.38. The van der Waals surface area contributed by atoms with E-state index in [0.29, 0.717) is 5.41 Å². The summed E-state index contributed by atoms with van der Waals surface area (Å²) in [7, 11) is 0. The molecule has 3 heteroatoms. The molecule has 0 unspecified atom stereocenters. The van der Waals surface area contributed by atoms with E-state index < -0.39 is 0 Å². The molecule has 2 heterocycles. The second-order valence-electron chi connectivity index (χ2n) is 5.80. The van der Waals surface area contributed by atoms with Crippen LogP contribution in [-0.4, -0.2) is 31.1 Å². The van der Waals surface area contributed by atoms with Gasteiger partial charge >= 0.3 is 0 Å². The predicted molar refractivity (Wildman–Crippen MR) is 75.5 cm³/mol. The van der Waals surface area contributed by atoms with Gasteiger partial charge in [-0.3, -0.25) is 0 Å². The van der Waals surface area contributed by atoms with Crippen molar-refractivity contribution in [2.75, 3.05) is 26.2 Å². The van der Waals surface area contributed by atoms with Crippen LogP contribution in [-0.2, 0) is 6.54 Å². The number of nitrogens with one attached hydrogen (secondary N) is 1. The van der Waals surface area contributed by atoms with E-state index >= 15 is 0 Å². The monoisotopic (exact) mass is 252 g/mol. The number of hydrogen-bond acceptors (Lipinski definition) is 3. The van der Waals surface area contributed by atoms with E-state index in [9.17, 15) is 0 Å². The number of likely N-dealkylation sites (tertiary alicyclic amines) is 1. The highest BCUT2D eigenvalue weighted by molar-refractivity contribution is 7.09. The second kappa shape index (κ2) is 5.98. The van der Waals surface area contributed by atoms with Crippen molar-refractivity contribution in [3.8, 4) is 0 Å². The lowest BCUT2D eigenvalue weighted by atomic mass is 9.84. The molecule has 0 aromatic carbocycles. The summed E-state index contributed by atoms with van der Waals surface area (Å²) in [6, 6.07) is 4.32. The van der Waals surface area contributed by atoms with Gasteiger partial charge in [0, 0.05) is 31.1 Å². The van der Waals surface area contributed by atoms with E-state index in [4.69, 9.17) is 0 Å². The number of nitrogens with zero attached hydrogens (tertiary/aromatic N) is 1. The van der Waals surface area contributed by atoms with Crippen LogP contribution < -0.4 is 5.32 Å². The Kier molecular flexibility index (Phi) is 4.60. The van der Waals surface area contributed by atoms with Crippen LogP contribution >= 0.6 is 11.3 Å². The fraction of sp³-hybridized carbons (Fsp3) is 0.714. The molecule has 1 aromatic heterocycles. The quantitative estimate of drug-likeness (QED) is 0.811. The van der Waals surface area contributed by atoms with E-state index in [-0.39, 0.29) is 0 Å². The number of hydrogen-bond donors (Lipinski definition) is 1. The summed E-state index contributed by atoms with van der Waals surface area (Å²) in [5.41, 5.74) is 0.520. The average molecular weight is 252 g/mol. The van der Waals surface area contributed by atoms with Crippen LogP contribution in [0.25, 0.3) is 0 Å². The summed E-state index contributed by atoms with van der Waals surface area (Å²) < 4.78 is 0. The van der Waals surface area contributed by atoms with Crippen LogP contribution in [0.3, 0.4) is 0 Å². The molecule has 0 bridgehead atoms. The minimum Gasteiger partial charge on any atom is -0.311 e. The van der Waals surface area contributed by atoms with E-state index in [1.54, 1.807) is 0 Å². The highest BCUT2D eigenvalue weighted by atomic mass is 32.1. The van der Waals surface area contributed by atoms with Gasteiger partial charge < -0.3 is 10.2 Å². The van der Waals surface area contributed by atoms with Gasteiger partial charge in [-0.2, -0.15) is 0 Å². The third kappa shape index (κ3) is 4.41. The van der Waals surface area contributed by atoms with Gasteiger partial charge in [0.1, 0.15) is 0 Å². The molecule has 1 aromatic rings. The summed E-state index contributed by atoms with van der Waals surface area (Å²) in [5.74, 6) is 0. The summed E-state index contributed by atoms with van der Waals surface area (Å²) in [6.45, 7) is 10.6. The Hall–Kier alpha value is -0.380. The fourth-order valence-electron chi connectivity index (χ4n) is 2.60. The van der Waals surface area contributed by atoms with Gasteiger partial charge in [0.25, 0.3) is 0 Å². The minimum atomic E-state index is 0.520. The van der Waals surface area contributed by atoms with Gasteiger partial charge in [-0.05, 0) is 36.2 Å². The molecule has 0 spiro atoms. The van der Waals surface area contributed by atoms with Crippen LogP contribution in [0.2, 0.25) is 0 Å². The molecular formula is C14H24N2S. The van der Waals surface area contributed by atoms with Crippen LogP contribution in [0.4, 0.5) is 0 Å². The lowest BCUT2D eigenvalue weighted by Crippen LogP contribution is -2.42. The lowest BCUT2D eigenvalue weighted by molar-refractivity contribution is 0.118. The topological polar surface area (TPSA) is 15.3 Å². The molecule has 96 valence electrons. The van der Waals surface area contributed by atoms with E-state index in [2.05, 4.69) is 41.6 Å². The van der Waals surface area contributed by atoms with Crippen molar-refractivity contribution in [1.29, 1.82) is 0 Å². The number of piperidine rings is 1. The van der Waals surface area contributed by atoms with Crippen molar-refractivity contribution >= 4 is 11.3 Å². The molecule has 0 radical (unpaired) electrons.